The lowest BCUT2D eigenvalue weighted by Crippen LogP contribution is -2.22. The number of ether oxygens (including phenoxy) is 1. The Labute approximate surface area is 115 Å². The predicted octanol–water partition coefficient (Wildman–Crippen LogP) is 3.41. The number of hydrogen-bond acceptors (Lipinski definition) is 3. The minimum Gasteiger partial charge on any atom is -0.426 e. The maximum Gasteiger partial charge on any atom is 0.313 e. The summed E-state index contributed by atoms with van der Waals surface area (Å²) in [6, 6.07) is 7.11. The normalized spacial score (nSPS) is 11.5. The van der Waals surface area contributed by atoms with Crippen molar-refractivity contribution in [3.63, 3.8) is 0 Å². The topological polar surface area (TPSA) is 43.4 Å². The zero-order chi connectivity index (χ0) is 14.6. The number of rotatable bonds is 4. The highest BCUT2D eigenvalue weighted by Crippen LogP contribution is 2.19. The quantitative estimate of drug-likeness (QED) is 0.617. The van der Waals surface area contributed by atoms with Crippen LogP contribution in [0.15, 0.2) is 24.3 Å². The number of carbonyl (C=O) groups excluding carboxylic acids is 2. The number of Topliss-reactive ketones (excluding diaryl/α,β-unsaturated/α-hetero) is 1. The van der Waals surface area contributed by atoms with E-state index in [1.165, 1.54) is 0 Å². The van der Waals surface area contributed by atoms with E-state index in [0.29, 0.717) is 12.2 Å². The molecule has 104 valence electrons. The summed E-state index contributed by atoms with van der Waals surface area (Å²) in [5, 5.41) is 0. The van der Waals surface area contributed by atoms with Gasteiger partial charge in [0.15, 0.2) is 0 Å². The van der Waals surface area contributed by atoms with Crippen molar-refractivity contribution in [3.05, 3.63) is 29.8 Å². The van der Waals surface area contributed by atoms with Crippen LogP contribution < -0.4 is 4.74 Å². The van der Waals surface area contributed by atoms with Crippen LogP contribution in [0.2, 0.25) is 0 Å². The van der Waals surface area contributed by atoms with Crippen molar-refractivity contribution in [1.29, 1.82) is 0 Å². The Kier molecular flexibility index (Phi) is 4.87. The molecular formula is C16H22O3. The highest BCUT2D eigenvalue weighted by atomic mass is 16.5. The van der Waals surface area contributed by atoms with E-state index in [9.17, 15) is 9.59 Å². The van der Waals surface area contributed by atoms with E-state index in [1.807, 2.05) is 32.9 Å². The first-order valence-electron chi connectivity index (χ1n) is 6.54. The first kappa shape index (κ1) is 15.4. The van der Waals surface area contributed by atoms with Crippen LogP contribution >= 0.6 is 0 Å². The van der Waals surface area contributed by atoms with E-state index in [2.05, 4.69) is 0 Å². The van der Waals surface area contributed by atoms with Gasteiger partial charge in [0.2, 0.25) is 0 Å². The molecule has 0 saturated carbocycles. The summed E-state index contributed by atoms with van der Waals surface area (Å²) < 4.78 is 5.18. The summed E-state index contributed by atoms with van der Waals surface area (Å²) in [4.78, 5) is 23.3. The largest absolute Gasteiger partial charge is 0.426 e. The molecule has 0 N–H and O–H groups in total. The maximum absolute atomic E-state index is 11.9. The standard InChI is InChI=1S/C16H22O3/c1-11(2)15(18)19-13-8-6-12(7-9-13)10-14(17)16(3,4)5/h6-9,11H,10H2,1-5H3. The van der Waals surface area contributed by atoms with Crippen LogP contribution in [0.4, 0.5) is 0 Å². The van der Waals surface area contributed by atoms with Crippen molar-refractivity contribution in [2.75, 3.05) is 0 Å². The monoisotopic (exact) mass is 262 g/mol. The first-order chi connectivity index (χ1) is 8.70. The van der Waals surface area contributed by atoms with Gasteiger partial charge in [-0.15, -0.1) is 0 Å². The molecule has 0 saturated heterocycles. The summed E-state index contributed by atoms with van der Waals surface area (Å²) in [6.45, 7) is 9.31. The minimum absolute atomic E-state index is 0.151. The van der Waals surface area contributed by atoms with Gasteiger partial charge in [0, 0.05) is 11.8 Å². The van der Waals surface area contributed by atoms with Gasteiger partial charge in [-0.3, -0.25) is 9.59 Å². The van der Waals surface area contributed by atoms with Gasteiger partial charge in [-0.05, 0) is 17.7 Å². The lowest BCUT2D eigenvalue weighted by atomic mass is 9.87. The Balaban J connectivity index is 2.67. The number of benzene rings is 1. The fourth-order valence-corrected chi connectivity index (χ4v) is 1.36. The predicted molar refractivity (Wildman–Crippen MR) is 75.1 cm³/mol. The molecule has 0 bridgehead atoms. The van der Waals surface area contributed by atoms with Crippen LogP contribution in [0.3, 0.4) is 0 Å². The van der Waals surface area contributed by atoms with Gasteiger partial charge in [0.05, 0.1) is 5.92 Å². The molecule has 0 aliphatic rings. The van der Waals surface area contributed by atoms with Crippen molar-refractivity contribution in [3.8, 4) is 5.75 Å². The molecule has 0 atom stereocenters. The van der Waals surface area contributed by atoms with Crippen molar-refractivity contribution in [2.24, 2.45) is 11.3 Å². The highest BCUT2D eigenvalue weighted by molar-refractivity contribution is 5.85. The lowest BCUT2D eigenvalue weighted by molar-refractivity contribution is -0.137. The molecule has 0 heterocycles. The molecule has 1 aromatic rings. The molecule has 19 heavy (non-hydrogen) atoms. The number of ketones is 1. The van der Waals surface area contributed by atoms with Gasteiger partial charge >= 0.3 is 5.97 Å². The SMILES string of the molecule is CC(C)C(=O)Oc1ccc(CC(=O)C(C)(C)C)cc1. The number of esters is 1. The van der Waals surface area contributed by atoms with E-state index >= 15 is 0 Å². The summed E-state index contributed by atoms with van der Waals surface area (Å²) in [5.74, 6) is 0.311. The van der Waals surface area contributed by atoms with Crippen LogP contribution in [0.25, 0.3) is 0 Å². The molecule has 0 radical (unpaired) electrons. The third-order valence-corrected chi connectivity index (χ3v) is 2.81. The molecule has 0 spiro atoms. The molecule has 0 unspecified atom stereocenters. The van der Waals surface area contributed by atoms with Crippen LogP contribution in [0, 0.1) is 11.3 Å². The van der Waals surface area contributed by atoms with E-state index < -0.39 is 0 Å². The molecule has 0 aliphatic carbocycles. The molecular weight excluding hydrogens is 240 g/mol. The Morgan fingerprint density at radius 2 is 1.63 bits per heavy atom. The molecule has 0 aliphatic heterocycles. The van der Waals surface area contributed by atoms with Gasteiger partial charge in [0.1, 0.15) is 11.5 Å². The first-order valence-corrected chi connectivity index (χ1v) is 6.54. The van der Waals surface area contributed by atoms with Crippen molar-refractivity contribution in [2.45, 2.75) is 41.0 Å². The van der Waals surface area contributed by atoms with Gasteiger partial charge in [0.25, 0.3) is 0 Å². The summed E-state index contributed by atoms with van der Waals surface area (Å²) in [6.07, 6.45) is 0.405. The minimum atomic E-state index is -0.331. The smallest absolute Gasteiger partial charge is 0.313 e. The summed E-state index contributed by atoms with van der Waals surface area (Å²) in [5.41, 5.74) is 0.604. The van der Waals surface area contributed by atoms with E-state index in [0.717, 1.165) is 5.56 Å². The molecule has 0 amide bonds. The molecule has 0 aromatic heterocycles. The molecule has 0 fully saturated rings. The van der Waals surface area contributed by atoms with Gasteiger partial charge < -0.3 is 4.74 Å². The second kappa shape index (κ2) is 6.00. The Bertz CT molecular complexity index is 450. The van der Waals surface area contributed by atoms with Gasteiger partial charge in [-0.2, -0.15) is 0 Å². The fraction of sp³-hybridized carbons (Fsp3) is 0.500. The van der Waals surface area contributed by atoms with Crippen LogP contribution in [-0.2, 0) is 16.0 Å². The van der Waals surface area contributed by atoms with Crippen LogP contribution in [-0.4, -0.2) is 11.8 Å². The second-order valence-corrected chi connectivity index (χ2v) is 6.07. The fourth-order valence-electron chi connectivity index (χ4n) is 1.36. The number of carbonyl (C=O) groups is 2. The molecule has 3 heteroatoms. The van der Waals surface area contributed by atoms with E-state index in [4.69, 9.17) is 4.74 Å². The van der Waals surface area contributed by atoms with Gasteiger partial charge in [-0.25, -0.2) is 0 Å². The average Bonchev–Trinajstić information content (AvgIpc) is 2.30. The Morgan fingerprint density at radius 3 is 2.05 bits per heavy atom. The zero-order valence-corrected chi connectivity index (χ0v) is 12.3. The summed E-state index contributed by atoms with van der Waals surface area (Å²) in [7, 11) is 0. The molecule has 1 aromatic carbocycles. The number of hydrogen-bond donors (Lipinski definition) is 0. The van der Waals surface area contributed by atoms with Crippen molar-refractivity contribution in [1.82, 2.24) is 0 Å². The highest BCUT2D eigenvalue weighted by Gasteiger charge is 2.21. The van der Waals surface area contributed by atoms with E-state index in [1.54, 1.807) is 26.0 Å². The van der Waals surface area contributed by atoms with E-state index in [-0.39, 0.29) is 23.1 Å². The average molecular weight is 262 g/mol. The Morgan fingerprint density at radius 1 is 1.11 bits per heavy atom. The summed E-state index contributed by atoms with van der Waals surface area (Å²) >= 11 is 0. The third kappa shape index (κ3) is 4.86. The zero-order valence-electron chi connectivity index (χ0n) is 12.3. The third-order valence-electron chi connectivity index (χ3n) is 2.81. The maximum atomic E-state index is 11.9. The van der Waals surface area contributed by atoms with Crippen molar-refractivity contribution >= 4 is 11.8 Å². The molecule has 1 rings (SSSR count). The molecule has 3 nitrogen and oxygen atoms in total. The van der Waals surface area contributed by atoms with Crippen LogP contribution in [0.5, 0.6) is 5.75 Å². The Hall–Kier alpha value is -1.64. The van der Waals surface area contributed by atoms with Crippen molar-refractivity contribution < 1.29 is 14.3 Å². The van der Waals surface area contributed by atoms with Gasteiger partial charge in [-0.1, -0.05) is 46.8 Å². The second-order valence-electron chi connectivity index (χ2n) is 6.07. The van der Waals surface area contributed by atoms with Crippen LogP contribution in [0.1, 0.15) is 40.2 Å². The lowest BCUT2D eigenvalue weighted by Gasteiger charge is -2.16.